The highest BCUT2D eigenvalue weighted by Gasteiger charge is 2.20. The number of carbonyl (C=O) groups is 1. The molecule has 1 amide bonds. The Hall–Kier alpha value is -1.28. The Labute approximate surface area is 145 Å². The molecule has 2 rings (SSSR count). The molecule has 5 nitrogen and oxygen atoms in total. The van der Waals surface area contributed by atoms with Crippen LogP contribution in [0.15, 0.2) is 22.9 Å². The van der Waals surface area contributed by atoms with Crippen molar-refractivity contribution in [3.05, 3.63) is 38.5 Å². The first-order chi connectivity index (χ1) is 11.2. The van der Waals surface area contributed by atoms with Crippen molar-refractivity contribution < 1.29 is 4.79 Å². The van der Waals surface area contributed by atoms with Gasteiger partial charge in [-0.3, -0.25) is 4.79 Å². The normalized spacial score (nSPS) is 11.1. The molecule has 2 aromatic rings. The van der Waals surface area contributed by atoms with Gasteiger partial charge in [0, 0.05) is 29.9 Å². The molecule has 0 saturated heterocycles. The Morgan fingerprint density at radius 3 is 2.61 bits per heavy atom. The third kappa shape index (κ3) is 5.10. The Balaban J connectivity index is 2.09. The number of hydrogen-bond donors (Lipinski definition) is 1. The van der Waals surface area contributed by atoms with Crippen LogP contribution < -0.4 is 5.73 Å². The van der Waals surface area contributed by atoms with E-state index in [1.807, 2.05) is 21.7 Å². The van der Waals surface area contributed by atoms with Crippen LogP contribution in [0.3, 0.4) is 0 Å². The molecule has 0 aliphatic heterocycles. The zero-order valence-electron chi connectivity index (χ0n) is 13.7. The largest absolute Gasteiger partial charge is 0.331 e. The zero-order chi connectivity index (χ0) is 16.7. The molecule has 2 heterocycles. The summed E-state index contributed by atoms with van der Waals surface area (Å²) in [6, 6.07) is 4.08. The van der Waals surface area contributed by atoms with E-state index in [2.05, 4.69) is 29.8 Å². The van der Waals surface area contributed by atoms with Crippen molar-refractivity contribution in [1.82, 2.24) is 14.8 Å². The lowest BCUT2D eigenvalue weighted by atomic mass is 10.3. The molecule has 2 aromatic heterocycles. The third-order valence-corrected chi connectivity index (χ3v) is 5.47. The average Bonchev–Trinajstić information content (AvgIpc) is 3.25. The molecule has 0 atom stereocenters. The Morgan fingerprint density at radius 1 is 1.26 bits per heavy atom. The van der Waals surface area contributed by atoms with Gasteiger partial charge in [-0.05, 0) is 24.5 Å². The maximum absolute atomic E-state index is 12.8. The molecule has 0 radical (unpaired) electrons. The number of hydrogen-bond acceptors (Lipinski definition) is 6. The molecule has 0 saturated carbocycles. The van der Waals surface area contributed by atoms with E-state index in [1.165, 1.54) is 16.2 Å². The van der Waals surface area contributed by atoms with Gasteiger partial charge in [-0.2, -0.15) is 0 Å². The second kappa shape index (κ2) is 9.12. The Morgan fingerprint density at radius 2 is 2.04 bits per heavy atom. The van der Waals surface area contributed by atoms with Gasteiger partial charge in [0.25, 0.3) is 5.91 Å². The monoisotopic (exact) mass is 352 g/mol. The van der Waals surface area contributed by atoms with Crippen LogP contribution in [-0.2, 0) is 13.1 Å². The van der Waals surface area contributed by atoms with Crippen LogP contribution in [0.5, 0.6) is 0 Å². The van der Waals surface area contributed by atoms with Crippen molar-refractivity contribution in [2.75, 3.05) is 26.2 Å². The summed E-state index contributed by atoms with van der Waals surface area (Å²) in [5, 5.41) is 4.65. The molecule has 0 aromatic carbocycles. The number of thiophene rings is 1. The number of rotatable bonds is 9. The molecular formula is C16H24N4OS2. The van der Waals surface area contributed by atoms with Crippen molar-refractivity contribution >= 4 is 28.6 Å². The summed E-state index contributed by atoms with van der Waals surface area (Å²) >= 11 is 3.12. The van der Waals surface area contributed by atoms with E-state index in [0.29, 0.717) is 25.3 Å². The average molecular weight is 353 g/mol. The molecule has 0 aliphatic carbocycles. The van der Waals surface area contributed by atoms with E-state index in [1.54, 1.807) is 11.3 Å². The van der Waals surface area contributed by atoms with Gasteiger partial charge in [0.05, 0.1) is 6.54 Å². The fraction of sp³-hybridized carbons (Fsp3) is 0.500. The fourth-order valence-corrected chi connectivity index (χ4v) is 3.68. The summed E-state index contributed by atoms with van der Waals surface area (Å²) in [5.41, 5.74) is 6.11. The molecule has 0 bridgehead atoms. The number of nitrogens with zero attached hydrogens (tertiary/aromatic N) is 3. The summed E-state index contributed by atoms with van der Waals surface area (Å²) < 4.78 is 0. The van der Waals surface area contributed by atoms with Crippen LogP contribution in [0.4, 0.5) is 0 Å². The van der Waals surface area contributed by atoms with Crippen LogP contribution in [0, 0.1) is 0 Å². The van der Waals surface area contributed by atoms with E-state index in [4.69, 9.17) is 5.73 Å². The minimum Gasteiger partial charge on any atom is -0.331 e. The van der Waals surface area contributed by atoms with Crippen molar-refractivity contribution in [3.63, 3.8) is 0 Å². The minimum absolute atomic E-state index is 0.0125. The van der Waals surface area contributed by atoms with Gasteiger partial charge in [0.2, 0.25) is 0 Å². The van der Waals surface area contributed by atoms with Crippen molar-refractivity contribution in [3.8, 4) is 0 Å². The van der Waals surface area contributed by atoms with Gasteiger partial charge >= 0.3 is 0 Å². The maximum atomic E-state index is 12.8. The van der Waals surface area contributed by atoms with Crippen molar-refractivity contribution in [2.24, 2.45) is 5.73 Å². The lowest BCUT2D eigenvalue weighted by Gasteiger charge is -2.25. The van der Waals surface area contributed by atoms with E-state index < -0.39 is 0 Å². The van der Waals surface area contributed by atoms with Gasteiger partial charge < -0.3 is 15.5 Å². The number of amides is 1. The predicted molar refractivity (Wildman–Crippen MR) is 96.9 cm³/mol. The lowest BCUT2D eigenvalue weighted by molar-refractivity contribution is 0.0720. The van der Waals surface area contributed by atoms with Crippen LogP contribution >= 0.6 is 22.7 Å². The van der Waals surface area contributed by atoms with Gasteiger partial charge in [0.15, 0.2) is 0 Å². The summed E-state index contributed by atoms with van der Waals surface area (Å²) in [4.78, 5) is 22.5. The highest BCUT2D eigenvalue weighted by atomic mass is 32.1. The number of nitrogens with two attached hydrogens (primary N) is 1. The quantitative estimate of drug-likeness (QED) is 0.754. The molecule has 126 valence electrons. The van der Waals surface area contributed by atoms with Crippen LogP contribution in [0.1, 0.15) is 34.2 Å². The summed E-state index contributed by atoms with van der Waals surface area (Å²) in [6.07, 6.45) is 0. The topological polar surface area (TPSA) is 62.5 Å². The number of thiazole rings is 1. The molecular weight excluding hydrogens is 328 g/mol. The molecule has 2 N–H and O–H groups in total. The first-order valence-corrected chi connectivity index (χ1v) is 9.62. The standard InChI is InChI=1S/C16H24N4OS2/c1-3-19(4-2)7-8-20(11-13-6-5-9-22-13)16(21)14-12-23-15(10-17)18-14/h5-6,9,12H,3-4,7-8,10-11,17H2,1-2H3. The maximum Gasteiger partial charge on any atom is 0.273 e. The highest BCUT2D eigenvalue weighted by molar-refractivity contribution is 7.10. The smallest absolute Gasteiger partial charge is 0.273 e. The van der Waals surface area contributed by atoms with E-state index in [-0.39, 0.29) is 5.91 Å². The Bertz CT molecular complexity index is 593. The highest BCUT2D eigenvalue weighted by Crippen LogP contribution is 2.16. The van der Waals surface area contributed by atoms with E-state index in [0.717, 1.165) is 24.6 Å². The molecule has 0 aliphatic rings. The number of aromatic nitrogens is 1. The molecule has 0 fully saturated rings. The zero-order valence-corrected chi connectivity index (χ0v) is 15.3. The minimum atomic E-state index is -0.0125. The van der Waals surface area contributed by atoms with Gasteiger partial charge in [0.1, 0.15) is 10.7 Å². The molecule has 0 spiro atoms. The third-order valence-electron chi connectivity index (χ3n) is 3.74. The lowest BCUT2D eigenvalue weighted by Crippen LogP contribution is -2.38. The van der Waals surface area contributed by atoms with E-state index in [9.17, 15) is 4.79 Å². The SMILES string of the molecule is CCN(CC)CCN(Cc1cccs1)C(=O)c1csc(CN)n1. The second-order valence-corrected chi connectivity index (χ2v) is 7.14. The Kier molecular flexibility index (Phi) is 7.16. The van der Waals surface area contributed by atoms with Gasteiger partial charge in [-0.25, -0.2) is 4.98 Å². The summed E-state index contributed by atoms with van der Waals surface area (Å²) in [7, 11) is 0. The second-order valence-electron chi connectivity index (χ2n) is 5.16. The first kappa shape index (κ1) is 18.1. The first-order valence-electron chi connectivity index (χ1n) is 7.86. The van der Waals surface area contributed by atoms with Gasteiger partial charge in [-0.15, -0.1) is 22.7 Å². The molecule has 23 heavy (non-hydrogen) atoms. The predicted octanol–water partition coefficient (Wildman–Crippen LogP) is 2.65. The van der Waals surface area contributed by atoms with Crippen LogP contribution in [0.2, 0.25) is 0 Å². The number of carbonyl (C=O) groups excluding carboxylic acids is 1. The summed E-state index contributed by atoms with van der Waals surface area (Å²) in [5.74, 6) is -0.0125. The van der Waals surface area contributed by atoms with Gasteiger partial charge in [-0.1, -0.05) is 19.9 Å². The molecule has 0 unspecified atom stereocenters. The molecule has 7 heteroatoms. The van der Waals surface area contributed by atoms with Crippen LogP contribution in [-0.4, -0.2) is 46.9 Å². The van der Waals surface area contributed by atoms with Crippen molar-refractivity contribution in [1.29, 1.82) is 0 Å². The van der Waals surface area contributed by atoms with E-state index >= 15 is 0 Å². The fourth-order valence-electron chi connectivity index (χ4n) is 2.31. The van der Waals surface area contributed by atoms with Crippen LogP contribution in [0.25, 0.3) is 0 Å². The summed E-state index contributed by atoms with van der Waals surface area (Å²) in [6.45, 7) is 8.85. The van der Waals surface area contributed by atoms with Crippen molar-refractivity contribution in [2.45, 2.75) is 26.9 Å². The number of likely N-dealkylation sites (N-methyl/N-ethyl adjacent to an activating group) is 1.